The maximum absolute atomic E-state index is 11.5. The summed E-state index contributed by atoms with van der Waals surface area (Å²) in [5.74, 6) is 0.249. The largest absolute Gasteiger partial charge is 0.484 e. The molecule has 0 aliphatic carbocycles. The zero-order valence-electron chi connectivity index (χ0n) is 10.6. The van der Waals surface area contributed by atoms with E-state index in [9.17, 15) is 4.79 Å². The molecular weight excluding hydrogens is 282 g/mol. The Hall–Kier alpha value is -2.45. The molecule has 0 spiro atoms. The highest BCUT2D eigenvalue weighted by Gasteiger charge is 2.16. The van der Waals surface area contributed by atoms with Crippen LogP contribution < -0.4 is 4.74 Å². The fourth-order valence-corrected chi connectivity index (χ4v) is 1.81. The van der Waals surface area contributed by atoms with Gasteiger partial charge < -0.3 is 13.9 Å². The number of carbonyl (C=O) groups is 1. The quantitative estimate of drug-likeness (QED) is 0.809. The normalized spacial score (nSPS) is 9.85. The van der Waals surface area contributed by atoms with Crippen LogP contribution in [0.15, 0.2) is 34.9 Å². The van der Waals surface area contributed by atoms with Crippen LogP contribution in [0.4, 0.5) is 0 Å². The summed E-state index contributed by atoms with van der Waals surface area (Å²) in [5.41, 5.74) is 0.743. The van der Waals surface area contributed by atoms with Crippen molar-refractivity contribution in [1.82, 2.24) is 0 Å². The van der Waals surface area contributed by atoms with E-state index >= 15 is 0 Å². The lowest BCUT2D eigenvalue weighted by molar-refractivity contribution is 0.0595. The topological polar surface area (TPSA) is 72.5 Å². The summed E-state index contributed by atoms with van der Waals surface area (Å²) >= 11 is 5.98. The maximum atomic E-state index is 11.5. The highest BCUT2D eigenvalue weighted by atomic mass is 35.5. The van der Waals surface area contributed by atoms with Gasteiger partial charge in [0.15, 0.2) is 5.76 Å². The number of halogens is 1. The average Bonchev–Trinajstić information content (AvgIpc) is 2.93. The number of nitrogens with zero attached hydrogens (tertiary/aromatic N) is 1. The Morgan fingerprint density at radius 1 is 1.45 bits per heavy atom. The van der Waals surface area contributed by atoms with Crippen LogP contribution in [-0.4, -0.2) is 13.1 Å². The molecule has 0 amide bonds. The fourth-order valence-electron chi connectivity index (χ4n) is 1.57. The predicted octanol–water partition coefficient (Wildman–Crippen LogP) is 3.17. The molecule has 1 aromatic carbocycles. The molecule has 102 valence electrons. The van der Waals surface area contributed by atoms with Crippen LogP contribution in [0.25, 0.3) is 0 Å². The highest BCUT2D eigenvalue weighted by Crippen LogP contribution is 2.26. The molecule has 0 aliphatic heterocycles. The van der Waals surface area contributed by atoms with Gasteiger partial charge in [-0.05, 0) is 24.3 Å². The lowest BCUT2D eigenvalue weighted by Gasteiger charge is -2.07. The van der Waals surface area contributed by atoms with E-state index in [1.165, 1.54) is 25.5 Å². The molecule has 0 radical (unpaired) electrons. The molecule has 2 aromatic rings. The monoisotopic (exact) mass is 291 g/mol. The van der Waals surface area contributed by atoms with Crippen LogP contribution in [0.2, 0.25) is 5.02 Å². The second-order valence-electron chi connectivity index (χ2n) is 3.79. The minimum Gasteiger partial charge on any atom is -0.484 e. The average molecular weight is 292 g/mol. The van der Waals surface area contributed by atoms with Crippen LogP contribution >= 0.6 is 11.6 Å². The van der Waals surface area contributed by atoms with Crippen LogP contribution in [0.1, 0.15) is 21.7 Å². The molecule has 2 rings (SSSR count). The molecule has 6 heteroatoms. The van der Waals surface area contributed by atoms with Crippen molar-refractivity contribution in [2.75, 3.05) is 7.11 Å². The van der Waals surface area contributed by atoms with Gasteiger partial charge in [-0.15, -0.1) is 0 Å². The number of ether oxygens (including phenoxy) is 2. The Morgan fingerprint density at radius 3 is 2.90 bits per heavy atom. The molecule has 0 N–H and O–H groups in total. The Morgan fingerprint density at radius 2 is 2.25 bits per heavy atom. The molecule has 0 saturated heterocycles. The zero-order chi connectivity index (χ0) is 14.5. The zero-order valence-corrected chi connectivity index (χ0v) is 11.3. The number of hydrogen-bond acceptors (Lipinski definition) is 5. The summed E-state index contributed by atoms with van der Waals surface area (Å²) in [6.45, 7) is 0.0308. The van der Waals surface area contributed by atoms with Crippen molar-refractivity contribution in [3.8, 4) is 11.8 Å². The molecule has 1 heterocycles. The maximum Gasteiger partial charge on any atom is 0.341 e. The van der Waals surface area contributed by atoms with Gasteiger partial charge in [0.2, 0.25) is 0 Å². The third-order valence-electron chi connectivity index (χ3n) is 2.57. The van der Waals surface area contributed by atoms with Gasteiger partial charge in [0.25, 0.3) is 0 Å². The van der Waals surface area contributed by atoms with Crippen LogP contribution in [0.5, 0.6) is 5.75 Å². The van der Waals surface area contributed by atoms with E-state index in [0.29, 0.717) is 27.7 Å². The Labute approximate surface area is 120 Å². The lowest BCUT2D eigenvalue weighted by Crippen LogP contribution is -2.05. The summed E-state index contributed by atoms with van der Waals surface area (Å²) in [5, 5.41) is 9.06. The van der Waals surface area contributed by atoms with E-state index < -0.39 is 5.97 Å². The first-order valence-corrected chi connectivity index (χ1v) is 6.00. The van der Waals surface area contributed by atoms with E-state index in [4.69, 9.17) is 26.0 Å². The van der Waals surface area contributed by atoms with E-state index in [0.717, 1.165) is 0 Å². The number of rotatable bonds is 4. The summed E-state index contributed by atoms with van der Waals surface area (Å²) in [4.78, 5) is 11.5. The van der Waals surface area contributed by atoms with Crippen molar-refractivity contribution in [1.29, 1.82) is 5.26 Å². The molecule has 0 fully saturated rings. The molecule has 0 saturated carbocycles. The van der Waals surface area contributed by atoms with Crippen molar-refractivity contribution in [3.05, 3.63) is 52.4 Å². The predicted molar refractivity (Wildman–Crippen MR) is 70.5 cm³/mol. The van der Waals surface area contributed by atoms with Crippen molar-refractivity contribution in [2.24, 2.45) is 0 Å². The van der Waals surface area contributed by atoms with Gasteiger partial charge in [0.1, 0.15) is 17.9 Å². The van der Waals surface area contributed by atoms with E-state index in [-0.39, 0.29) is 6.61 Å². The SMILES string of the molecule is COC(=O)c1ccoc1COc1ccc(C#N)cc1Cl. The second kappa shape index (κ2) is 6.13. The first kappa shape index (κ1) is 14.0. The molecular formula is C14H10ClNO4. The molecule has 5 nitrogen and oxygen atoms in total. The number of carbonyl (C=O) groups excluding carboxylic acids is 1. The number of hydrogen-bond donors (Lipinski definition) is 0. The van der Waals surface area contributed by atoms with E-state index in [2.05, 4.69) is 4.74 Å². The third-order valence-corrected chi connectivity index (χ3v) is 2.87. The Bertz CT molecular complexity index is 672. The second-order valence-corrected chi connectivity index (χ2v) is 4.20. The van der Waals surface area contributed by atoms with Crippen LogP contribution in [0, 0.1) is 11.3 Å². The van der Waals surface area contributed by atoms with Gasteiger partial charge in [-0.1, -0.05) is 11.6 Å². The standard InChI is InChI=1S/C14H10ClNO4/c1-18-14(17)10-4-5-19-13(10)8-20-12-3-2-9(7-16)6-11(12)15/h2-6H,8H2,1H3. The van der Waals surface area contributed by atoms with Gasteiger partial charge in [0, 0.05) is 0 Å². The smallest absolute Gasteiger partial charge is 0.341 e. The van der Waals surface area contributed by atoms with Crippen molar-refractivity contribution >= 4 is 17.6 Å². The minimum atomic E-state index is -0.497. The molecule has 20 heavy (non-hydrogen) atoms. The van der Waals surface area contributed by atoms with Crippen molar-refractivity contribution in [2.45, 2.75) is 6.61 Å². The van der Waals surface area contributed by atoms with Gasteiger partial charge >= 0.3 is 5.97 Å². The number of esters is 1. The van der Waals surface area contributed by atoms with Crippen LogP contribution in [0.3, 0.4) is 0 Å². The number of benzene rings is 1. The molecule has 0 bridgehead atoms. The van der Waals surface area contributed by atoms with Crippen LogP contribution in [-0.2, 0) is 11.3 Å². The molecule has 0 aliphatic rings. The number of methoxy groups -OCH3 is 1. The lowest BCUT2D eigenvalue weighted by atomic mass is 10.2. The molecule has 1 aromatic heterocycles. The Kier molecular flexibility index (Phi) is 4.28. The van der Waals surface area contributed by atoms with E-state index in [1.807, 2.05) is 6.07 Å². The number of furan rings is 1. The van der Waals surface area contributed by atoms with Crippen molar-refractivity contribution < 1.29 is 18.7 Å². The minimum absolute atomic E-state index is 0.0308. The summed E-state index contributed by atoms with van der Waals surface area (Å²) < 4.78 is 15.3. The summed E-state index contributed by atoms with van der Waals surface area (Å²) in [6.07, 6.45) is 1.38. The third kappa shape index (κ3) is 2.92. The summed E-state index contributed by atoms with van der Waals surface area (Å²) in [7, 11) is 1.29. The number of nitriles is 1. The van der Waals surface area contributed by atoms with Gasteiger partial charge in [0.05, 0.1) is 30.0 Å². The fraction of sp³-hybridized carbons (Fsp3) is 0.143. The highest BCUT2D eigenvalue weighted by molar-refractivity contribution is 6.32. The van der Waals surface area contributed by atoms with Gasteiger partial charge in [-0.2, -0.15) is 5.26 Å². The first-order valence-electron chi connectivity index (χ1n) is 5.63. The molecule has 0 atom stereocenters. The molecule has 0 unspecified atom stereocenters. The van der Waals surface area contributed by atoms with Gasteiger partial charge in [-0.25, -0.2) is 4.79 Å². The van der Waals surface area contributed by atoms with Crippen molar-refractivity contribution in [3.63, 3.8) is 0 Å². The first-order chi connectivity index (χ1) is 9.65. The van der Waals surface area contributed by atoms with Gasteiger partial charge in [-0.3, -0.25) is 0 Å². The summed E-state index contributed by atoms with van der Waals surface area (Å²) in [6, 6.07) is 8.15. The van der Waals surface area contributed by atoms with E-state index in [1.54, 1.807) is 12.1 Å². The Balaban J connectivity index is 2.12.